The Morgan fingerprint density at radius 3 is 2.52 bits per heavy atom. The van der Waals surface area contributed by atoms with E-state index < -0.39 is 6.04 Å². The molecule has 1 aliphatic rings. The number of ketones is 1. The summed E-state index contributed by atoms with van der Waals surface area (Å²) in [6.07, 6.45) is 0.462. The Morgan fingerprint density at radius 1 is 1.24 bits per heavy atom. The fourth-order valence-electron chi connectivity index (χ4n) is 2.57. The number of rotatable bonds is 7. The van der Waals surface area contributed by atoms with Crippen LogP contribution in [0.15, 0.2) is 35.4 Å². The summed E-state index contributed by atoms with van der Waals surface area (Å²) in [6.45, 7) is 5.48. The zero-order valence-corrected chi connectivity index (χ0v) is 14.8. The molecule has 1 atom stereocenters. The van der Waals surface area contributed by atoms with Gasteiger partial charge in [-0.3, -0.25) is 19.4 Å². The fraction of sp³-hybridized carbons (Fsp3) is 0.444. The maximum Gasteiger partial charge on any atom is 0.267 e. The normalized spacial score (nSPS) is 16.6. The van der Waals surface area contributed by atoms with Gasteiger partial charge in [-0.25, -0.2) is 0 Å². The molecule has 0 aromatic heterocycles. The average molecular weight is 344 g/mol. The van der Waals surface area contributed by atoms with E-state index in [-0.39, 0.29) is 43.0 Å². The number of amides is 2. The van der Waals surface area contributed by atoms with Crippen LogP contribution in [0.3, 0.4) is 0 Å². The van der Waals surface area contributed by atoms with Gasteiger partial charge in [0.05, 0.1) is 5.69 Å². The van der Waals surface area contributed by atoms with E-state index in [9.17, 15) is 14.4 Å². The summed E-state index contributed by atoms with van der Waals surface area (Å²) in [5.41, 5.74) is 1.06. The minimum atomic E-state index is -0.479. The standard InChI is InChI=1S/C18H24N4O3/c1-12(2)20-17(24)9-10-19-18(25)15-11-16(13(3)23)22(21-15)14-7-5-4-6-8-14/h4-8,12,16H,9-11H2,1-3H3,(H,19,25)(H,20,24). The molecule has 0 fully saturated rings. The molecule has 1 heterocycles. The van der Waals surface area contributed by atoms with Gasteiger partial charge in [-0.2, -0.15) is 5.10 Å². The Labute approximate surface area is 147 Å². The Morgan fingerprint density at radius 2 is 1.92 bits per heavy atom. The Hall–Kier alpha value is -2.70. The zero-order chi connectivity index (χ0) is 18.4. The van der Waals surface area contributed by atoms with E-state index in [1.54, 1.807) is 5.01 Å². The van der Waals surface area contributed by atoms with Crippen LogP contribution in [0.2, 0.25) is 0 Å². The first kappa shape index (κ1) is 18.6. The summed E-state index contributed by atoms with van der Waals surface area (Å²) in [6, 6.07) is 8.86. The van der Waals surface area contributed by atoms with Crippen LogP contribution in [-0.2, 0) is 14.4 Å². The van der Waals surface area contributed by atoms with Gasteiger partial charge >= 0.3 is 0 Å². The molecule has 134 valence electrons. The molecule has 2 rings (SSSR count). The number of carbonyl (C=O) groups is 3. The molecular formula is C18H24N4O3. The second-order valence-electron chi connectivity index (χ2n) is 6.29. The highest BCUT2D eigenvalue weighted by Crippen LogP contribution is 2.24. The van der Waals surface area contributed by atoms with E-state index in [1.807, 2.05) is 44.2 Å². The van der Waals surface area contributed by atoms with Gasteiger partial charge in [0.15, 0.2) is 5.78 Å². The maximum absolute atomic E-state index is 12.3. The lowest BCUT2D eigenvalue weighted by Crippen LogP contribution is -2.37. The molecule has 1 aromatic rings. The maximum atomic E-state index is 12.3. The van der Waals surface area contributed by atoms with Crippen LogP contribution >= 0.6 is 0 Å². The number of carbonyl (C=O) groups excluding carboxylic acids is 3. The molecule has 1 aromatic carbocycles. The smallest absolute Gasteiger partial charge is 0.267 e. The largest absolute Gasteiger partial charge is 0.354 e. The Kier molecular flexibility index (Phi) is 6.27. The molecule has 0 saturated carbocycles. The van der Waals surface area contributed by atoms with Crippen molar-refractivity contribution in [1.29, 1.82) is 0 Å². The molecule has 2 N–H and O–H groups in total. The average Bonchev–Trinajstić information content (AvgIpc) is 3.00. The zero-order valence-electron chi connectivity index (χ0n) is 14.8. The van der Waals surface area contributed by atoms with Crippen molar-refractivity contribution in [3.8, 4) is 0 Å². The number of para-hydroxylation sites is 1. The van der Waals surface area contributed by atoms with E-state index in [0.29, 0.717) is 5.71 Å². The SMILES string of the molecule is CC(=O)C1CC(C(=O)NCCC(=O)NC(C)C)=NN1c1ccccc1. The van der Waals surface area contributed by atoms with Crippen molar-refractivity contribution in [3.05, 3.63) is 30.3 Å². The van der Waals surface area contributed by atoms with Crippen molar-refractivity contribution in [2.75, 3.05) is 11.6 Å². The number of benzene rings is 1. The first-order chi connectivity index (χ1) is 11.9. The van der Waals surface area contributed by atoms with Gasteiger partial charge in [0.1, 0.15) is 11.8 Å². The molecule has 0 saturated heterocycles. The van der Waals surface area contributed by atoms with Crippen molar-refractivity contribution in [3.63, 3.8) is 0 Å². The molecule has 7 heteroatoms. The van der Waals surface area contributed by atoms with E-state index in [1.165, 1.54) is 6.92 Å². The molecule has 7 nitrogen and oxygen atoms in total. The third-order valence-electron chi connectivity index (χ3n) is 3.75. The second-order valence-corrected chi connectivity index (χ2v) is 6.29. The van der Waals surface area contributed by atoms with Crippen LogP contribution < -0.4 is 15.6 Å². The van der Waals surface area contributed by atoms with Gasteiger partial charge in [0, 0.05) is 25.4 Å². The summed E-state index contributed by atoms with van der Waals surface area (Å²) in [7, 11) is 0. The molecule has 0 bridgehead atoms. The summed E-state index contributed by atoms with van der Waals surface area (Å²) < 4.78 is 0. The molecule has 0 radical (unpaired) electrons. The number of nitrogens with one attached hydrogen (secondary N) is 2. The summed E-state index contributed by atoms with van der Waals surface area (Å²) in [5.74, 6) is -0.509. The third kappa shape index (κ3) is 5.14. The fourth-order valence-corrected chi connectivity index (χ4v) is 2.57. The van der Waals surface area contributed by atoms with Gasteiger partial charge in [0.2, 0.25) is 5.91 Å². The van der Waals surface area contributed by atoms with Gasteiger partial charge in [0.25, 0.3) is 5.91 Å². The van der Waals surface area contributed by atoms with E-state index in [4.69, 9.17) is 0 Å². The number of hydrogen-bond acceptors (Lipinski definition) is 5. The topological polar surface area (TPSA) is 90.9 Å². The van der Waals surface area contributed by atoms with Gasteiger partial charge in [-0.05, 0) is 32.9 Å². The highest BCUT2D eigenvalue weighted by atomic mass is 16.2. The summed E-state index contributed by atoms with van der Waals surface area (Å²) in [5, 5.41) is 11.4. The molecule has 0 aliphatic carbocycles. The number of hydrazone groups is 1. The van der Waals surface area contributed by atoms with Crippen molar-refractivity contribution in [2.24, 2.45) is 5.10 Å². The minimum Gasteiger partial charge on any atom is -0.354 e. The summed E-state index contributed by atoms with van der Waals surface area (Å²) >= 11 is 0. The van der Waals surface area contributed by atoms with E-state index >= 15 is 0 Å². The lowest BCUT2D eigenvalue weighted by atomic mass is 10.1. The first-order valence-electron chi connectivity index (χ1n) is 8.38. The number of hydrogen-bond donors (Lipinski definition) is 2. The Bertz CT molecular complexity index is 670. The number of anilines is 1. The molecule has 2 amide bonds. The predicted octanol–water partition coefficient (Wildman–Crippen LogP) is 1.24. The third-order valence-corrected chi connectivity index (χ3v) is 3.75. The van der Waals surface area contributed by atoms with Gasteiger partial charge in [-0.15, -0.1) is 0 Å². The van der Waals surface area contributed by atoms with Crippen molar-refractivity contribution >= 4 is 29.0 Å². The van der Waals surface area contributed by atoms with Gasteiger partial charge in [-0.1, -0.05) is 18.2 Å². The van der Waals surface area contributed by atoms with Crippen LogP contribution in [0.25, 0.3) is 0 Å². The molecule has 25 heavy (non-hydrogen) atoms. The highest BCUT2D eigenvalue weighted by molar-refractivity contribution is 6.40. The number of nitrogens with zero attached hydrogens (tertiary/aromatic N) is 2. The van der Waals surface area contributed by atoms with Crippen molar-refractivity contribution < 1.29 is 14.4 Å². The molecule has 0 spiro atoms. The predicted molar refractivity (Wildman–Crippen MR) is 96.3 cm³/mol. The first-order valence-corrected chi connectivity index (χ1v) is 8.38. The van der Waals surface area contributed by atoms with Crippen molar-refractivity contribution in [2.45, 2.75) is 45.7 Å². The van der Waals surface area contributed by atoms with E-state index in [0.717, 1.165) is 5.69 Å². The molecular weight excluding hydrogens is 320 g/mol. The minimum absolute atomic E-state index is 0.0493. The Balaban J connectivity index is 1.97. The van der Waals surface area contributed by atoms with Crippen LogP contribution in [0, 0.1) is 0 Å². The second kappa shape index (κ2) is 8.41. The van der Waals surface area contributed by atoms with Gasteiger partial charge < -0.3 is 10.6 Å². The van der Waals surface area contributed by atoms with Crippen LogP contribution in [0.1, 0.15) is 33.6 Å². The quantitative estimate of drug-likeness (QED) is 0.779. The van der Waals surface area contributed by atoms with Crippen molar-refractivity contribution in [1.82, 2.24) is 10.6 Å². The molecule has 1 aliphatic heterocycles. The lowest BCUT2D eigenvalue weighted by Gasteiger charge is -2.20. The monoisotopic (exact) mass is 344 g/mol. The highest BCUT2D eigenvalue weighted by Gasteiger charge is 2.33. The van der Waals surface area contributed by atoms with Crippen LogP contribution in [-0.4, -0.2) is 41.9 Å². The van der Waals surface area contributed by atoms with E-state index in [2.05, 4.69) is 15.7 Å². The molecule has 1 unspecified atom stereocenters. The number of Topliss-reactive ketones (excluding diaryl/α,β-unsaturated/α-hetero) is 1. The summed E-state index contributed by atoms with van der Waals surface area (Å²) in [4.78, 5) is 35.8. The lowest BCUT2D eigenvalue weighted by molar-refractivity contribution is -0.121. The van der Waals surface area contributed by atoms with Crippen LogP contribution in [0.4, 0.5) is 5.69 Å². The van der Waals surface area contributed by atoms with Crippen LogP contribution in [0.5, 0.6) is 0 Å².